The highest BCUT2D eigenvalue weighted by Gasteiger charge is 2.34. The summed E-state index contributed by atoms with van der Waals surface area (Å²) in [6, 6.07) is 5.44. The summed E-state index contributed by atoms with van der Waals surface area (Å²) in [6.07, 6.45) is -3.53. The molecule has 0 spiro atoms. The fraction of sp³-hybridized carbons (Fsp3) is 0.300. The number of carbonyl (C=O) groups is 1. The van der Waals surface area contributed by atoms with Crippen molar-refractivity contribution in [1.29, 1.82) is 0 Å². The van der Waals surface area contributed by atoms with E-state index in [1.807, 2.05) is 0 Å². The number of ether oxygens (including phenoxy) is 3. The van der Waals surface area contributed by atoms with Crippen molar-refractivity contribution in [3.05, 3.63) is 47.4 Å². The molecule has 1 aromatic carbocycles. The summed E-state index contributed by atoms with van der Waals surface area (Å²) in [5, 5.41) is 3.99. The molecule has 0 fully saturated rings. The van der Waals surface area contributed by atoms with Crippen LogP contribution in [0, 0.1) is 6.92 Å². The number of hydrogen-bond acceptors (Lipinski definition) is 7. The summed E-state index contributed by atoms with van der Waals surface area (Å²) in [4.78, 5) is 19.9. The van der Waals surface area contributed by atoms with Crippen LogP contribution < -0.4 is 9.47 Å². The number of rotatable bonds is 6. The molecule has 0 aliphatic rings. The van der Waals surface area contributed by atoms with Gasteiger partial charge >= 0.3 is 12.1 Å². The summed E-state index contributed by atoms with van der Waals surface area (Å²) in [5.41, 5.74) is -0.463. The Bertz CT molecular complexity index is 1110. The lowest BCUT2D eigenvalue weighted by Gasteiger charge is -2.13. The molecule has 0 radical (unpaired) electrons. The summed E-state index contributed by atoms with van der Waals surface area (Å²) < 4.78 is 57.0. The molecule has 2 heterocycles. The van der Waals surface area contributed by atoms with Gasteiger partial charge in [-0.05, 0) is 38.1 Å². The molecule has 164 valence electrons. The molecule has 8 nitrogen and oxygen atoms in total. The second-order valence-electron chi connectivity index (χ2n) is 6.28. The minimum absolute atomic E-state index is 0.00846. The SMILES string of the molecule is CCOC(=O)c1cnn(-c2nc(-c3ccc(OC)c(OC)c3)cc(C(F)(F)F)n2)c1C. The number of halogens is 3. The molecule has 0 unspecified atom stereocenters. The maximum Gasteiger partial charge on any atom is 0.433 e. The molecule has 3 rings (SSSR count). The molecule has 0 bridgehead atoms. The van der Waals surface area contributed by atoms with Crippen molar-refractivity contribution in [2.45, 2.75) is 20.0 Å². The lowest BCUT2D eigenvalue weighted by molar-refractivity contribution is -0.141. The van der Waals surface area contributed by atoms with Crippen LogP contribution in [-0.2, 0) is 10.9 Å². The second kappa shape index (κ2) is 8.62. The van der Waals surface area contributed by atoms with Crippen LogP contribution in [0.3, 0.4) is 0 Å². The summed E-state index contributed by atoms with van der Waals surface area (Å²) in [5.74, 6) is -0.238. The van der Waals surface area contributed by atoms with Crippen molar-refractivity contribution in [3.63, 3.8) is 0 Å². The molecule has 31 heavy (non-hydrogen) atoms. The maximum atomic E-state index is 13.5. The monoisotopic (exact) mass is 436 g/mol. The van der Waals surface area contributed by atoms with Crippen molar-refractivity contribution in [3.8, 4) is 28.7 Å². The van der Waals surface area contributed by atoms with Gasteiger partial charge in [0.2, 0.25) is 0 Å². The van der Waals surface area contributed by atoms with Crippen molar-refractivity contribution in [2.75, 3.05) is 20.8 Å². The Morgan fingerprint density at radius 1 is 1.10 bits per heavy atom. The first kappa shape index (κ1) is 22.1. The first-order chi connectivity index (χ1) is 14.7. The van der Waals surface area contributed by atoms with E-state index in [1.165, 1.54) is 33.4 Å². The predicted molar refractivity (Wildman–Crippen MR) is 103 cm³/mol. The number of methoxy groups -OCH3 is 2. The van der Waals surface area contributed by atoms with Gasteiger partial charge in [0, 0.05) is 5.56 Å². The van der Waals surface area contributed by atoms with Gasteiger partial charge in [0.1, 0.15) is 5.56 Å². The molecule has 0 atom stereocenters. The molecule has 0 saturated carbocycles. The van der Waals surface area contributed by atoms with E-state index >= 15 is 0 Å². The zero-order valence-electron chi connectivity index (χ0n) is 17.1. The van der Waals surface area contributed by atoms with Gasteiger partial charge in [0.25, 0.3) is 5.95 Å². The van der Waals surface area contributed by atoms with Gasteiger partial charge in [-0.15, -0.1) is 0 Å². The summed E-state index contributed by atoms with van der Waals surface area (Å²) in [7, 11) is 2.86. The topological polar surface area (TPSA) is 88.4 Å². The summed E-state index contributed by atoms with van der Waals surface area (Å²) >= 11 is 0. The van der Waals surface area contributed by atoms with Gasteiger partial charge in [0.15, 0.2) is 17.2 Å². The van der Waals surface area contributed by atoms with Crippen molar-refractivity contribution in [2.24, 2.45) is 0 Å². The third kappa shape index (κ3) is 4.44. The van der Waals surface area contributed by atoms with E-state index in [0.29, 0.717) is 17.1 Å². The van der Waals surface area contributed by atoms with Crippen molar-refractivity contribution < 1.29 is 32.2 Å². The Kier molecular flexibility index (Phi) is 6.14. The average molecular weight is 436 g/mol. The Morgan fingerprint density at radius 3 is 2.42 bits per heavy atom. The molecule has 0 N–H and O–H groups in total. The molecule has 0 amide bonds. The standard InChI is InChI=1S/C20H19F3N4O4/c1-5-31-18(28)13-10-24-27(11(13)2)19-25-14(9-17(26-19)20(21,22)23)12-6-7-15(29-3)16(8-12)30-4/h6-10H,5H2,1-4H3. The number of alkyl halides is 3. The Labute approximate surface area is 175 Å². The molecule has 3 aromatic rings. The minimum Gasteiger partial charge on any atom is -0.493 e. The fourth-order valence-corrected chi connectivity index (χ4v) is 2.84. The van der Waals surface area contributed by atoms with E-state index in [1.54, 1.807) is 19.1 Å². The maximum absolute atomic E-state index is 13.5. The van der Waals surface area contributed by atoms with Crippen LogP contribution in [0.5, 0.6) is 11.5 Å². The third-order valence-electron chi connectivity index (χ3n) is 4.38. The van der Waals surface area contributed by atoms with Crippen LogP contribution in [0.15, 0.2) is 30.5 Å². The highest BCUT2D eigenvalue weighted by molar-refractivity contribution is 5.90. The second-order valence-corrected chi connectivity index (χ2v) is 6.28. The van der Waals surface area contributed by atoms with Gasteiger partial charge < -0.3 is 14.2 Å². The highest BCUT2D eigenvalue weighted by atomic mass is 19.4. The van der Waals surface area contributed by atoms with Crippen LogP contribution in [0.4, 0.5) is 13.2 Å². The van der Waals surface area contributed by atoms with E-state index in [4.69, 9.17) is 14.2 Å². The smallest absolute Gasteiger partial charge is 0.433 e. The third-order valence-corrected chi connectivity index (χ3v) is 4.38. The molecule has 0 saturated heterocycles. The number of hydrogen-bond donors (Lipinski definition) is 0. The van der Waals surface area contributed by atoms with E-state index in [-0.39, 0.29) is 29.5 Å². The van der Waals surface area contributed by atoms with E-state index in [2.05, 4.69) is 15.1 Å². The zero-order valence-corrected chi connectivity index (χ0v) is 17.1. The predicted octanol–water partition coefficient (Wildman–Crippen LogP) is 3.85. The minimum atomic E-state index is -4.73. The van der Waals surface area contributed by atoms with Crippen molar-refractivity contribution in [1.82, 2.24) is 19.7 Å². The van der Waals surface area contributed by atoms with Gasteiger partial charge in [-0.2, -0.15) is 18.3 Å². The van der Waals surface area contributed by atoms with Crippen LogP contribution in [0.2, 0.25) is 0 Å². The zero-order chi connectivity index (χ0) is 22.8. The first-order valence-corrected chi connectivity index (χ1v) is 9.10. The molecule has 0 aliphatic carbocycles. The highest BCUT2D eigenvalue weighted by Crippen LogP contribution is 2.34. The van der Waals surface area contributed by atoms with E-state index < -0.39 is 17.8 Å². The van der Waals surface area contributed by atoms with Gasteiger partial charge in [0.05, 0.1) is 38.4 Å². The molecule has 11 heteroatoms. The number of esters is 1. The van der Waals surface area contributed by atoms with Crippen LogP contribution in [0.1, 0.15) is 28.7 Å². The van der Waals surface area contributed by atoms with Crippen LogP contribution in [0.25, 0.3) is 17.2 Å². The lowest BCUT2D eigenvalue weighted by atomic mass is 10.1. The molecule has 2 aromatic heterocycles. The largest absolute Gasteiger partial charge is 0.493 e. The molecular weight excluding hydrogens is 417 g/mol. The number of carbonyl (C=O) groups excluding carboxylic acids is 1. The quantitative estimate of drug-likeness (QED) is 0.543. The Balaban J connectivity index is 2.17. The van der Waals surface area contributed by atoms with Gasteiger partial charge in [-0.1, -0.05) is 0 Å². The number of benzene rings is 1. The average Bonchev–Trinajstić information content (AvgIpc) is 3.13. The van der Waals surface area contributed by atoms with Gasteiger partial charge in [-0.25, -0.2) is 19.4 Å². The van der Waals surface area contributed by atoms with Gasteiger partial charge in [-0.3, -0.25) is 0 Å². The Hall–Kier alpha value is -3.63. The normalized spacial score (nSPS) is 11.3. The van der Waals surface area contributed by atoms with Crippen molar-refractivity contribution >= 4 is 5.97 Å². The first-order valence-electron chi connectivity index (χ1n) is 9.10. The van der Waals surface area contributed by atoms with E-state index in [9.17, 15) is 18.0 Å². The number of nitrogens with zero attached hydrogens (tertiary/aromatic N) is 4. The lowest BCUT2D eigenvalue weighted by Crippen LogP contribution is -2.14. The van der Waals surface area contributed by atoms with Crippen LogP contribution >= 0.6 is 0 Å². The summed E-state index contributed by atoms with van der Waals surface area (Å²) in [6.45, 7) is 3.30. The van der Waals surface area contributed by atoms with E-state index in [0.717, 1.165) is 10.7 Å². The molecule has 0 aliphatic heterocycles. The number of aromatic nitrogens is 4. The molecular formula is C20H19F3N4O4. The Morgan fingerprint density at radius 2 is 1.81 bits per heavy atom. The van der Waals surface area contributed by atoms with Crippen LogP contribution in [-0.4, -0.2) is 46.5 Å². The fourth-order valence-electron chi connectivity index (χ4n) is 2.84.